The van der Waals surface area contributed by atoms with Crippen molar-refractivity contribution in [2.75, 3.05) is 7.11 Å². The van der Waals surface area contributed by atoms with E-state index in [4.69, 9.17) is 4.74 Å². The first-order chi connectivity index (χ1) is 8.58. The van der Waals surface area contributed by atoms with Gasteiger partial charge in [-0.3, -0.25) is 0 Å². The van der Waals surface area contributed by atoms with Crippen LogP contribution in [0.2, 0.25) is 18.1 Å². The highest BCUT2D eigenvalue weighted by Gasteiger charge is 2.37. The van der Waals surface area contributed by atoms with E-state index in [9.17, 15) is 9.90 Å². The van der Waals surface area contributed by atoms with Crippen molar-refractivity contribution in [1.29, 1.82) is 0 Å². The summed E-state index contributed by atoms with van der Waals surface area (Å²) in [4.78, 5) is 10.3. The zero-order chi connectivity index (χ0) is 14.8. The van der Waals surface area contributed by atoms with Crippen molar-refractivity contribution in [2.24, 2.45) is 0 Å². The number of aryl methyl sites for hydroxylation is 1. The standard InChI is InChI=1S/C14H23IO3Si/c1-14(2,19(4,5)17)7-6-10-8-11(15)13(16)12(9-10)18-3/h8-9,16-17H,6-7H2,1-5H3. The Morgan fingerprint density at radius 2 is 1.89 bits per heavy atom. The number of aromatic hydroxyl groups is 1. The molecule has 108 valence electrons. The molecule has 2 N–H and O–H groups in total. The second-order valence-electron chi connectivity index (χ2n) is 6.07. The summed E-state index contributed by atoms with van der Waals surface area (Å²) in [6, 6.07) is 3.85. The minimum Gasteiger partial charge on any atom is -0.504 e. The molecule has 1 aromatic rings. The largest absolute Gasteiger partial charge is 0.504 e. The predicted octanol–water partition coefficient (Wildman–Crippen LogP) is 3.92. The lowest BCUT2D eigenvalue weighted by Crippen LogP contribution is -2.39. The number of hydrogen-bond acceptors (Lipinski definition) is 3. The topological polar surface area (TPSA) is 49.7 Å². The Hall–Kier alpha value is -0.273. The molecule has 0 heterocycles. The van der Waals surface area contributed by atoms with Gasteiger partial charge in [-0.05, 0) is 71.3 Å². The van der Waals surface area contributed by atoms with Crippen molar-refractivity contribution in [3.63, 3.8) is 0 Å². The number of ether oxygens (including phenoxy) is 1. The summed E-state index contributed by atoms with van der Waals surface area (Å²) >= 11 is 2.11. The van der Waals surface area contributed by atoms with Gasteiger partial charge in [-0.25, -0.2) is 0 Å². The molecule has 0 saturated carbocycles. The van der Waals surface area contributed by atoms with Crippen molar-refractivity contribution in [3.8, 4) is 11.5 Å². The maximum Gasteiger partial charge on any atom is 0.188 e. The smallest absolute Gasteiger partial charge is 0.188 e. The zero-order valence-electron chi connectivity index (χ0n) is 12.2. The van der Waals surface area contributed by atoms with Crippen LogP contribution in [0.5, 0.6) is 11.5 Å². The zero-order valence-corrected chi connectivity index (χ0v) is 15.4. The molecule has 0 aromatic heterocycles. The average Bonchev–Trinajstić information content (AvgIpc) is 2.29. The van der Waals surface area contributed by atoms with E-state index in [1.807, 2.05) is 25.2 Å². The Labute approximate surface area is 130 Å². The molecule has 0 radical (unpaired) electrons. The van der Waals surface area contributed by atoms with Gasteiger partial charge in [0.25, 0.3) is 0 Å². The fraction of sp³-hybridized carbons (Fsp3) is 0.571. The Balaban J connectivity index is 2.88. The molecule has 5 heteroatoms. The molecule has 0 bridgehead atoms. The first-order valence-electron chi connectivity index (χ1n) is 6.36. The maximum atomic E-state index is 10.3. The van der Waals surface area contributed by atoms with Gasteiger partial charge in [-0.15, -0.1) is 0 Å². The first-order valence-corrected chi connectivity index (χ1v) is 10.4. The normalized spacial score (nSPS) is 12.6. The van der Waals surface area contributed by atoms with Crippen molar-refractivity contribution in [1.82, 2.24) is 0 Å². The van der Waals surface area contributed by atoms with E-state index < -0.39 is 8.32 Å². The molecular weight excluding hydrogens is 371 g/mol. The maximum absolute atomic E-state index is 10.3. The summed E-state index contributed by atoms with van der Waals surface area (Å²) < 4.78 is 5.97. The molecule has 0 unspecified atom stereocenters. The lowest BCUT2D eigenvalue weighted by atomic mass is 10.0. The van der Waals surface area contributed by atoms with Gasteiger partial charge in [0.2, 0.25) is 0 Å². The van der Waals surface area contributed by atoms with Crippen LogP contribution in [-0.4, -0.2) is 25.3 Å². The summed E-state index contributed by atoms with van der Waals surface area (Å²) in [5, 5.41) is 9.78. The Morgan fingerprint density at radius 3 is 2.37 bits per heavy atom. The van der Waals surface area contributed by atoms with Crippen LogP contribution >= 0.6 is 22.6 Å². The van der Waals surface area contributed by atoms with E-state index in [0.717, 1.165) is 22.0 Å². The van der Waals surface area contributed by atoms with E-state index in [-0.39, 0.29) is 10.8 Å². The monoisotopic (exact) mass is 394 g/mol. The summed E-state index contributed by atoms with van der Waals surface area (Å²) in [6.45, 7) is 8.21. The molecule has 0 aliphatic heterocycles. The second kappa shape index (κ2) is 6.01. The van der Waals surface area contributed by atoms with Gasteiger partial charge >= 0.3 is 0 Å². The van der Waals surface area contributed by atoms with Gasteiger partial charge in [0, 0.05) is 0 Å². The van der Waals surface area contributed by atoms with Gasteiger partial charge in [0.15, 0.2) is 19.8 Å². The van der Waals surface area contributed by atoms with Gasteiger partial charge in [-0.1, -0.05) is 13.8 Å². The highest BCUT2D eigenvalue weighted by Crippen LogP contribution is 2.40. The van der Waals surface area contributed by atoms with Gasteiger partial charge in [0.1, 0.15) is 0 Å². The number of benzene rings is 1. The molecule has 3 nitrogen and oxygen atoms in total. The van der Waals surface area contributed by atoms with E-state index in [1.165, 1.54) is 0 Å². The minimum atomic E-state index is -2.17. The molecule has 0 amide bonds. The van der Waals surface area contributed by atoms with Crippen molar-refractivity contribution in [3.05, 3.63) is 21.3 Å². The average molecular weight is 394 g/mol. The number of hydrogen-bond donors (Lipinski definition) is 2. The molecule has 1 rings (SSSR count). The van der Waals surface area contributed by atoms with Crippen LogP contribution < -0.4 is 4.74 Å². The van der Waals surface area contributed by atoms with E-state index in [0.29, 0.717) is 5.75 Å². The SMILES string of the molecule is COc1cc(CCC(C)(C)[Si](C)(C)O)cc(I)c1O. The summed E-state index contributed by atoms with van der Waals surface area (Å²) in [6.07, 6.45) is 1.80. The molecule has 1 aromatic carbocycles. The molecule has 0 saturated heterocycles. The molecule has 19 heavy (non-hydrogen) atoms. The predicted molar refractivity (Wildman–Crippen MR) is 89.4 cm³/mol. The Bertz CT molecular complexity index is 453. The van der Waals surface area contributed by atoms with Crippen LogP contribution in [-0.2, 0) is 6.42 Å². The molecule has 0 fully saturated rings. The van der Waals surface area contributed by atoms with E-state index in [2.05, 4.69) is 36.4 Å². The Kier molecular flexibility index (Phi) is 5.31. The molecule has 0 spiro atoms. The van der Waals surface area contributed by atoms with Gasteiger partial charge in [-0.2, -0.15) is 0 Å². The highest BCUT2D eigenvalue weighted by atomic mass is 127. The highest BCUT2D eigenvalue weighted by molar-refractivity contribution is 14.1. The molecule has 0 aliphatic rings. The third kappa shape index (κ3) is 4.09. The lowest BCUT2D eigenvalue weighted by Gasteiger charge is -2.35. The number of phenols is 1. The van der Waals surface area contributed by atoms with Crippen LogP contribution in [0.1, 0.15) is 25.8 Å². The third-order valence-electron chi connectivity index (χ3n) is 4.00. The molecular formula is C14H23IO3Si. The van der Waals surface area contributed by atoms with Crippen molar-refractivity contribution in [2.45, 2.75) is 44.8 Å². The number of phenolic OH excluding ortho intramolecular Hbond substituents is 1. The number of methoxy groups -OCH3 is 1. The quantitative estimate of drug-likeness (QED) is 0.588. The van der Waals surface area contributed by atoms with Gasteiger partial charge in [0.05, 0.1) is 10.7 Å². The van der Waals surface area contributed by atoms with Gasteiger partial charge < -0.3 is 14.6 Å². The summed E-state index contributed by atoms with van der Waals surface area (Å²) in [5.74, 6) is 0.711. The summed E-state index contributed by atoms with van der Waals surface area (Å²) in [7, 11) is -0.609. The Morgan fingerprint density at radius 1 is 1.32 bits per heavy atom. The van der Waals surface area contributed by atoms with Crippen LogP contribution in [0.3, 0.4) is 0 Å². The molecule has 0 aliphatic carbocycles. The van der Waals surface area contributed by atoms with E-state index in [1.54, 1.807) is 7.11 Å². The first kappa shape index (κ1) is 16.8. The van der Waals surface area contributed by atoms with Crippen LogP contribution in [0.4, 0.5) is 0 Å². The van der Waals surface area contributed by atoms with E-state index >= 15 is 0 Å². The molecule has 0 atom stereocenters. The number of rotatable bonds is 5. The van der Waals surface area contributed by atoms with Crippen LogP contribution in [0.15, 0.2) is 12.1 Å². The fourth-order valence-electron chi connectivity index (χ4n) is 1.69. The van der Waals surface area contributed by atoms with Crippen LogP contribution in [0.25, 0.3) is 0 Å². The minimum absolute atomic E-state index is 0.0381. The second-order valence-corrected chi connectivity index (χ2v) is 11.7. The lowest BCUT2D eigenvalue weighted by molar-refractivity contribution is 0.371. The third-order valence-corrected chi connectivity index (χ3v) is 8.39. The number of halogens is 1. The fourth-order valence-corrected chi connectivity index (χ4v) is 3.09. The van der Waals surface area contributed by atoms with Crippen LogP contribution in [0, 0.1) is 3.57 Å². The summed E-state index contributed by atoms with van der Waals surface area (Å²) in [5.41, 5.74) is 1.13. The van der Waals surface area contributed by atoms with Crippen molar-refractivity contribution < 1.29 is 14.6 Å². The van der Waals surface area contributed by atoms with Crippen molar-refractivity contribution >= 4 is 30.9 Å².